The summed E-state index contributed by atoms with van der Waals surface area (Å²) in [4.78, 5) is 17.6. The fourth-order valence-electron chi connectivity index (χ4n) is 5.50. The van der Waals surface area contributed by atoms with Gasteiger partial charge in [-0.2, -0.15) is 0 Å². The Labute approximate surface area is 170 Å². The van der Waals surface area contributed by atoms with Crippen molar-refractivity contribution in [2.24, 2.45) is 11.8 Å². The van der Waals surface area contributed by atoms with Gasteiger partial charge in [0.1, 0.15) is 17.2 Å². The molecule has 5 heteroatoms. The van der Waals surface area contributed by atoms with Crippen LogP contribution < -0.4 is 0 Å². The number of halogens is 2. The average Bonchev–Trinajstić information content (AvgIpc) is 3.18. The molecule has 3 aliphatic rings. The number of amides is 1. The van der Waals surface area contributed by atoms with Gasteiger partial charge < -0.3 is 4.90 Å². The van der Waals surface area contributed by atoms with E-state index in [1.54, 1.807) is 4.90 Å². The van der Waals surface area contributed by atoms with Gasteiger partial charge in [0.2, 0.25) is 0 Å². The Hall–Kier alpha value is -2.27. The molecule has 5 rings (SSSR count). The van der Waals surface area contributed by atoms with Gasteiger partial charge in [0.05, 0.1) is 6.04 Å². The van der Waals surface area contributed by atoms with Crippen molar-refractivity contribution in [2.75, 3.05) is 19.6 Å². The predicted molar refractivity (Wildman–Crippen MR) is 108 cm³/mol. The van der Waals surface area contributed by atoms with Gasteiger partial charge in [0.25, 0.3) is 5.91 Å². The highest BCUT2D eigenvalue weighted by Crippen LogP contribution is 2.48. The molecule has 2 saturated heterocycles. The highest BCUT2D eigenvalue weighted by molar-refractivity contribution is 5.95. The van der Waals surface area contributed by atoms with Crippen molar-refractivity contribution < 1.29 is 13.6 Å². The number of hydrogen-bond donors (Lipinski definition) is 0. The van der Waals surface area contributed by atoms with Crippen molar-refractivity contribution in [3.05, 3.63) is 70.8 Å². The van der Waals surface area contributed by atoms with Crippen LogP contribution in [0.15, 0.2) is 42.5 Å². The summed E-state index contributed by atoms with van der Waals surface area (Å²) in [7, 11) is 0. The molecular weight excluding hydrogens is 370 g/mol. The smallest absolute Gasteiger partial charge is 0.260 e. The number of hydrogen-bond acceptors (Lipinski definition) is 2. The Bertz CT molecular complexity index is 922. The van der Waals surface area contributed by atoms with Crippen LogP contribution in [-0.4, -0.2) is 41.4 Å². The van der Waals surface area contributed by atoms with Gasteiger partial charge in [-0.05, 0) is 48.9 Å². The van der Waals surface area contributed by atoms with E-state index < -0.39 is 23.1 Å². The third-order valence-electron chi connectivity index (χ3n) is 7.23. The lowest BCUT2D eigenvalue weighted by atomic mass is 9.87. The maximum Gasteiger partial charge on any atom is 0.260 e. The minimum Gasteiger partial charge on any atom is -0.331 e. The Morgan fingerprint density at radius 3 is 2.34 bits per heavy atom. The van der Waals surface area contributed by atoms with E-state index in [9.17, 15) is 13.6 Å². The lowest BCUT2D eigenvalue weighted by Gasteiger charge is -2.37. The molecule has 0 bridgehead atoms. The zero-order valence-corrected chi connectivity index (χ0v) is 16.7. The Balaban J connectivity index is 1.51. The first-order chi connectivity index (χ1) is 14.0. The van der Waals surface area contributed by atoms with E-state index in [1.807, 2.05) is 25.1 Å². The van der Waals surface area contributed by atoms with Crippen LogP contribution in [0.1, 0.15) is 46.8 Å². The summed E-state index contributed by atoms with van der Waals surface area (Å²) in [6, 6.07) is 12.2. The van der Waals surface area contributed by atoms with E-state index in [4.69, 9.17) is 0 Å². The van der Waals surface area contributed by atoms with Crippen molar-refractivity contribution in [1.29, 1.82) is 0 Å². The van der Waals surface area contributed by atoms with Crippen LogP contribution in [-0.2, 0) is 0 Å². The average molecular weight is 396 g/mol. The van der Waals surface area contributed by atoms with E-state index in [-0.39, 0.29) is 6.04 Å². The summed E-state index contributed by atoms with van der Waals surface area (Å²) in [5.41, 5.74) is 1.79. The molecule has 0 spiro atoms. The molecule has 0 radical (unpaired) electrons. The summed E-state index contributed by atoms with van der Waals surface area (Å²) in [6.45, 7) is 4.53. The second kappa shape index (κ2) is 7.21. The van der Waals surface area contributed by atoms with Crippen LogP contribution in [0.5, 0.6) is 0 Å². The van der Waals surface area contributed by atoms with Crippen molar-refractivity contribution in [2.45, 2.75) is 38.3 Å². The second-order valence-corrected chi connectivity index (χ2v) is 8.82. The molecule has 2 aromatic carbocycles. The van der Waals surface area contributed by atoms with E-state index in [0.29, 0.717) is 24.4 Å². The van der Waals surface area contributed by atoms with Crippen LogP contribution in [0.25, 0.3) is 0 Å². The van der Waals surface area contributed by atoms with Gasteiger partial charge in [-0.15, -0.1) is 0 Å². The molecule has 152 valence electrons. The Morgan fingerprint density at radius 1 is 0.966 bits per heavy atom. The largest absolute Gasteiger partial charge is 0.331 e. The Kier molecular flexibility index (Phi) is 4.66. The molecular formula is C24H26F2N2O. The zero-order valence-electron chi connectivity index (χ0n) is 16.7. The molecule has 0 aromatic heterocycles. The standard InChI is InChI=1S/C24H26F2N2O/c1-15-6-2-3-9-18(15)23-19-14-27(17-7-4-8-17)12-16(19)13-28(23)24(29)22-20(25)10-5-11-21(22)26/h2-3,5-6,9-11,16-17,19,23H,4,7-8,12-14H2,1H3/t16-,19-,23+/m0/s1. The molecule has 29 heavy (non-hydrogen) atoms. The number of nitrogens with zero attached hydrogens (tertiary/aromatic N) is 2. The molecule has 0 N–H and O–H groups in total. The monoisotopic (exact) mass is 396 g/mol. The molecule has 3 atom stereocenters. The van der Waals surface area contributed by atoms with E-state index in [0.717, 1.165) is 36.3 Å². The molecule has 1 saturated carbocycles. The molecule has 1 amide bonds. The maximum atomic E-state index is 14.4. The zero-order chi connectivity index (χ0) is 20.1. The molecule has 3 fully saturated rings. The van der Waals surface area contributed by atoms with Crippen LogP contribution in [0, 0.1) is 30.4 Å². The lowest BCUT2D eigenvalue weighted by molar-refractivity contribution is 0.0667. The molecule has 0 unspecified atom stereocenters. The third-order valence-corrected chi connectivity index (χ3v) is 7.23. The van der Waals surface area contributed by atoms with Gasteiger partial charge in [-0.25, -0.2) is 8.78 Å². The molecule has 1 aliphatic carbocycles. The number of fused-ring (bicyclic) bond motifs is 1. The normalized spacial score (nSPS) is 27.1. The minimum atomic E-state index is -0.785. The second-order valence-electron chi connectivity index (χ2n) is 8.82. The maximum absolute atomic E-state index is 14.4. The number of benzene rings is 2. The van der Waals surface area contributed by atoms with Gasteiger partial charge in [0, 0.05) is 31.6 Å². The number of carbonyl (C=O) groups is 1. The first-order valence-electron chi connectivity index (χ1n) is 10.6. The molecule has 2 heterocycles. The summed E-state index contributed by atoms with van der Waals surface area (Å²) in [6.07, 6.45) is 3.82. The number of aryl methyl sites for hydroxylation is 1. The van der Waals surface area contributed by atoms with Crippen molar-refractivity contribution in [3.63, 3.8) is 0 Å². The highest BCUT2D eigenvalue weighted by atomic mass is 19.1. The predicted octanol–water partition coefficient (Wildman–Crippen LogP) is 4.57. The summed E-state index contributed by atoms with van der Waals surface area (Å²) < 4.78 is 28.8. The molecule has 3 nitrogen and oxygen atoms in total. The van der Waals surface area contributed by atoms with Crippen molar-refractivity contribution in [1.82, 2.24) is 9.80 Å². The van der Waals surface area contributed by atoms with Gasteiger partial charge in [-0.3, -0.25) is 9.69 Å². The highest BCUT2D eigenvalue weighted by Gasteiger charge is 2.51. The third kappa shape index (κ3) is 3.07. The molecule has 2 aliphatic heterocycles. The quantitative estimate of drug-likeness (QED) is 0.759. The SMILES string of the molecule is Cc1ccccc1[C@@H]1[C@H]2CN(C3CCC3)C[C@H]2CN1C(=O)c1c(F)cccc1F. The first-order valence-corrected chi connectivity index (χ1v) is 10.6. The fourth-order valence-corrected chi connectivity index (χ4v) is 5.50. The fraction of sp³-hybridized carbons (Fsp3) is 0.458. The Morgan fingerprint density at radius 2 is 1.69 bits per heavy atom. The lowest BCUT2D eigenvalue weighted by Crippen LogP contribution is -2.42. The molecule has 2 aromatic rings. The topological polar surface area (TPSA) is 23.6 Å². The van der Waals surface area contributed by atoms with Crippen molar-refractivity contribution >= 4 is 5.91 Å². The van der Waals surface area contributed by atoms with Gasteiger partial charge >= 0.3 is 0 Å². The number of rotatable bonds is 3. The van der Waals surface area contributed by atoms with Crippen LogP contribution in [0.2, 0.25) is 0 Å². The van der Waals surface area contributed by atoms with Gasteiger partial charge in [-0.1, -0.05) is 36.8 Å². The summed E-state index contributed by atoms with van der Waals surface area (Å²) in [5, 5.41) is 0. The van der Waals surface area contributed by atoms with Crippen LogP contribution in [0.4, 0.5) is 8.78 Å². The van der Waals surface area contributed by atoms with Crippen LogP contribution >= 0.6 is 0 Å². The van der Waals surface area contributed by atoms with Crippen LogP contribution in [0.3, 0.4) is 0 Å². The van der Waals surface area contributed by atoms with E-state index in [2.05, 4.69) is 11.0 Å². The number of carbonyl (C=O) groups excluding carboxylic acids is 1. The van der Waals surface area contributed by atoms with Crippen molar-refractivity contribution in [3.8, 4) is 0 Å². The summed E-state index contributed by atoms with van der Waals surface area (Å²) in [5.74, 6) is -1.45. The van der Waals surface area contributed by atoms with Gasteiger partial charge in [0.15, 0.2) is 0 Å². The number of likely N-dealkylation sites (tertiary alicyclic amines) is 2. The van der Waals surface area contributed by atoms with E-state index >= 15 is 0 Å². The minimum absolute atomic E-state index is 0.141. The first kappa shape index (κ1) is 18.7. The van der Waals surface area contributed by atoms with E-state index in [1.165, 1.54) is 25.3 Å². The summed E-state index contributed by atoms with van der Waals surface area (Å²) >= 11 is 0.